The minimum atomic E-state index is -4.39. The molecule has 0 saturated carbocycles. The Morgan fingerprint density at radius 2 is 2.12 bits per heavy atom. The molecule has 0 bridgehead atoms. The third-order valence-electron chi connectivity index (χ3n) is 3.44. The molecule has 1 heterocycles. The van der Waals surface area contributed by atoms with Gasteiger partial charge < -0.3 is 0 Å². The van der Waals surface area contributed by atoms with E-state index in [1.165, 1.54) is 16.4 Å². The second-order valence-electron chi connectivity index (χ2n) is 5.14. The number of benzene rings is 1. The summed E-state index contributed by atoms with van der Waals surface area (Å²) >= 11 is 0. The first-order chi connectivity index (χ1) is 11.2. The SMILES string of the molecule is C=CS(=O)(=O)N1CC=C(NOCc2cccc(C(F)(F)F)c2)CC1. The van der Waals surface area contributed by atoms with E-state index in [9.17, 15) is 21.6 Å². The topological polar surface area (TPSA) is 58.6 Å². The highest BCUT2D eigenvalue weighted by Gasteiger charge is 2.30. The molecule has 1 aliphatic heterocycles. The van der Waals surface area contributed by atoms with Gasteiger partial charge in [-0.15, -0.1) is 0 Å². The zero-order valence-corrected chi connectivity index (χ0v) is 13.5. The van der Waals surface area contributed by atoms with Crippen LogP contribution in [0.25, 0.3) is 0 Å². The van der Waals surface area contributed by atoms with Crippen molar-refractivity contribution in [1.82, 2.24) is 9.79 Å². The maximum Gasteiger partial charge on any atom is 0.416 e. The molecule has 132 valence electrons. The van der Waals surface area contributed by atoms with E-state index in [1.54, 1.807) is 6.08 Å². The van der Waals surface area contributed by atoms with E-state index in [4.69, 9.17) is 4.84 Å². The molecule has 2 rings (SSSR count). The van der Waals surface area contributed by atoms with Gasteiger partial charge in [-0.25, -0.2) is 8.42 Å². The summed E-state index contributed by atoms with van der Waals surface area (Å²) in [4.78, 5) is 5.20. The molecule has 1 aromatic carbocycles. The van der Waals surface area contributed by atoms with Crippen LogP contribution in [0.4, 0.5) is 13.2 Å². The van der Waals surface area contributed by atoms with Gasteiger partial charge in [-0.2, -0.15) is 17.5 Å². The summed E-state index contributed by atoms with van der Waals surface area (Å²) in [5.74, 6) is 0. The fourth-order valence-corrected chi connectivity index (χ4v) is 2.97. The predicted molar refractivity (Wildman–Crippen MR) is 82.8 cm³/mol. The summed E-state index contributed by atoms with van der Waals surface area (Å²) in [5, 5.41) is 0.892. The molecule has 0 fully saturated rings. The van der Waals surface area contributed by atoms with E-state index in [2.05, 4.69) is 12.1 Å². The smallest absolute Gasteiger partial charge is 0.272 e. The van der Waals surface area contributed by atoms with Crippen molar-refractivity contribution in [2.45, 2.75) is 19.2 Å². The lowest BCUT2D eigenvalue weighted by Gasteiger charge is -2.24. The highest BCUT2D eigenvalue weighted by Crippen LogP contribution is 2.29. The minimum Gasteiger partial charge on any atom is -0.272 e. The Labute approximate surface area is 138 Å². The van der Waals surface area contributed by atoms with Gasteiger partial charge in [-0.1, -0.05) is 18.7 Å². The van der Waals surface area contributed by atoms with Crippen LogP contribution >= 0.6 is 0 Å². The molecule has 5 nitrogen and oxygen atoms in total. The van der Waals surface area contributed by atoms with Crippen molar-refractivity contribution < 1.29 is 26.4 Å². The van der Waals surface area contributed by atoms with E-state index >= 15 is 0 Å². The number of nitrogens with one attached hydrogen (secondary N) is 1. The van der Waals surface area contributed by atoms with E-state index in [0.717, 1.165) is 17.5 Å². The fraction of sp³-hybridized carbons (Fsp3) is 0.333. The number of alkyl halides is 3. The van der Waals surface area contributed by atoms with Gasteiger partial charge >= 0.3 is 6.18 Å². The van der Waals surface area contributed by atoms with E-state index < -0.39 is 21.8 Å². The van der Waals surface area contributed by atoms with Crippen LogP contribution in [0.1, 0.15) is 17.5 Å². The number of sulfonamides is 1. The molecule has 0 saturated heterocycles. The van der Waals surface area contributed by atoms with Gasteiger partial charge in [-0.05, 0) is 23.8 Å². The van der Waals surface area contributed by atoms with E-state index in [-0.39, 0.29) is 19.7 Å². The standard InChI is InChI=1S/C15H17F3N2O3S/c1-2-24(21,22)20-8-6-14(7-9-20)19-23-11-12-4-3-5-13(10-12)15(16,17)18/h2-6,10,19H,1,7-9,11H2. The third kappa shape index (κ3) is 4.83. The Bertz CT molecular complexity index is 730. The summed E-state index contributed by atoms with van der Waals surface area (Å²) in [6.07, 6.45) is -2.33. The molecule has 0 aromatic heterocycles. The molecule has 0 aliphatic carbocycles. The fourth-order valence-electron chi connectivity index (χ4n) is 2.13. The maximum absolute atomic E-state index is 12.6. The van der Waals surface area contributed by atoms with Gasteiger partial charge in [0.25, 0.3) is 0 Å². The summed E-state index contributed by atoms with van der Waals surface area (Å²) in [7, 11) is -3.45. The van der Waals surface area contributed by atoms with Gasteiger partial charge in [0.05, 0.1) is 12.2 Å². The first-order valence-corrected chi connectivity index (χ1v) is 8.58. The average molecular weight is 362 g/mol. The Hall–Kier alpha value is -1.84. The Morgan fingerprint density at radius 3 is 2.71 bits per heavy atom. The Balaban J connectivity index is 1.86. The molecule has 1 aromatic rings. The van der Waals surface area contributed by atoms with Crippen LogP contribution in [0.3, 0.4) is 0 Å². The normalized spacial score (nSPS) is 16.5. The van der Waals surface area contributed by atoms with Gasteiger partial charge in [0.15, 0.2) is 0 Å². The first-order valence-electron chi connectivity index (χ1n) is 7.08. The lowest BCUT2D eigenvalue weighted by atomic mass is 10.1. The molecular weight excluding hydrogens is 345 g/mol. The van der Waals surface area contributed by atoms with Gasteiger partial charge in [-0.3, -0.25) is 10.3 Å². The van der Waals surface area contributed by atoms with Gasteiger partial charge in [0, 0.05) is 30.6 Å². The zero-order chi connectivity index (χ0) is 17.8. The third-order valence-corrected chi connectivity index (χ3v) is 4.91. The Morgan fingerprint density at radius 1 is 1.38 bits per heavy atom. The quantitative estimate of drug-likeness (QED) is 0.791. The van der Waals surface area contributed by atoms with Crippen molar-refractivity contribution in [1.29, 1.82) is 0 Å². The number of nitrogens with zero attached hydrogens (tertiary/aromatic N) is 1. The number of halogens is 3. The molecular formula is C15H17F3N2O3S. The molecule has 24 heavy (non-hydrogen) atoms. The number of rotatable bonds is 6. The molecule has 0 radical (unpaired) electrons. The predicted octanol–water partition coefficient (Wildman–Crippen LogP) is 2.79. The minimum absolute atomic E-state index is 0.0457. The van der Waals surface area contributed by atoms with Crippen LogP contribution in [-0.2, 0) is 27.6 Å². The molecule has 0 atom stereocenters. The summed E-state index contributed by atoms with van der Waals surface area (Å²) in [5.41, 5.74) is 2.98. The summed E-state index contributed by atoms with van der Waals surface area (Å²) < 4.78 is 62.3. The van der Waals surface area contributed by atoms with Crippen molar-refractivity contribution in [2.24, 2.45) is 0 Å². The average Bonchev–Trinajstić information content (AvgIpc) is 2.55. The van der Waals surface area contributed by atoms with Crippen molar-refractivity contribution in [2.75, 3.05) is 13.1 Å². The first kappa shape index (κ1) is 18.5. The van der Waals surface area contributed by atoms with Crippen molar-refractivity contribution in [3.63, 3.8) is 0 Å². The highest BCUT2D eigenvalue weighted by molar-refractivity contribution is 7.92. The number of hydrogen-bond acceptors (Lipinski definition) is 4. The molecule has 9 heteroatoms. The zero-order valence-electron chi connectivity index (χ0n) is 12.7. The van der Waals surface area contributed by atoms with Crippen LogP contribution in [0.15, 0.2) is 48.0 Å². The molecule has 1 N–H and O–H groups in total. The van der Waals surface area contributed by atoms with Gasteiger partial charge in [0.2, 0.25) is 10.0 Å². The monoisotopic (exact) mass is 362 g/mol. The largest absolute Gasteiger partial charge is 0.416 e. The van der Waals surface area contributed by atoms with E-state index in [1.807, 2.05) is 0 Å². The molecule has 0 spiro atoms. The number of hydrogen-bond donors (Lipinski definition) is 1. The molecule has 0 unspecified atom stereocenters. The van der Waals surface area contributed by atoms with E-state index in [0.29, 0.717) is 17.7 Å². The highest BCUT2D eigenvalue weighted by atomic mass is 32.2. The van der Waals surface area contributed by atoms with Crippen LogP contribution in [0, 0.1) is 0 Å². The van der Waals surface area contributed by atoms with Crippen LogP contribution in [0.5, 0.6) is 0 Å². The lowest BCUT2D eigenvalue weighted by Crippen LogP contribution is -2.35. The number of hydroxylamine groups is 1. The maximum atomic E-state index is 12.6. The molecule has 1 aliphatic rings. The Kier molecular flexibility index (Phi) is 5.68. The van der Waals surface area contributed by atoms with Crippen LogP contribution in [0.2, 0.25) is 0 Å². The lowest BCUT2D eigenvalue weighted by molar-refractivity contribution is -0.137. The van der Waals surface area contributed by atoms with Crippen molar-refractivity contribution in [3.8, 4) is 0 Å². The summed E-state index contributed by atoms with van der Waals surface area (Å²) in [6, 6.07) is 4.87. The second-order valence-corrected chi connectivity index (χ2v) is 7.02. The van der Waals surface area contributed by atoms with Gasteiger partial charge in [0.1, 0.15) is 0 Å². The second kappa shape index (κ2) is 7.37. The van der Waals surface area contributed by atoms with Crippen molar-refractivity contribution >= 4 is 10.0 Å². The molecule has 0 amide bonds. The van der Waals surface area contributed by atoms with Crippen molar-refractivity contribution in [3.05, 3.63) is 59.2 Å². The summed E-state index contributed by atoms with van der Waals surface area (Å²) in [6.45, 7) is 3.68. The van der Waals surface area contributed by atoms with Crippen LogP contribution in [-0.4, -0.2) is 25.8 Å². The van der Waals surface area contributed by atoms with Crippen LogP contribution < -0.4 is 5.48 Å².